The second kappa shape index (κ2) is 29.1. The molecule has 4 N–H and O–H groups in total. The summed E-state index contributed by atoms with van der Waals surface area (Å²) in [6, 6.07) is 0.427. The Morgan fingerprint density at radius 2 is 0.947 bits per heavy atom. The Hall–Kier alpha value is -0.913. The molecule has 0 aliphatic rings. The largest absolute Gasteiger partial charge is 0.500 e. The normalized spacial score (nSPS) is 11.7. The van der Waals surface area contributed by atoms with Crippen molar-refractivity contribution < 1.29 is 46.5 Å². The van der Waals surface area contributed by atoms with Gasteiger partial charge in [0.25, 0.3) is 0 Å². The Bertz CT molecular complexity index is 495. The van der Waals surface area contributed by atoms with Crippen LogP contribution in [0, 0.1) is 0 Å². The Morgan fingerprint density at radius 1 is 0.579 bits per heavy atom. The molecule has 0 radical (unpaired) electrons. The van der Waals surface area contributed by atoms with Gasteiger partial charge < -0.3 is 58.1 Å². The lowest BCUT2D eigenvalue weighted by Crippen LogP contribution is -2.46. The Labute approximate surface area is 230 Å². The minimum Gasteiger partial charge on any atom is -0.378 e. The highest BCUT2D eigenvalue weighted by Gasteiger charge is 2.39. The molecule has 2 amide bonds. The van der Waals surface area contributed by atoms with E-state index >= 15 is 0 Å². The molecule has 0 aliphatic carbocycles. The van der Waals surface area contributed by atoms with Gasteiger partial charge in [-0.3, -0.25) is 0 Å². The molecule has 14 heteroatoms. The Morgan fingerprint density at radius 3 is 1.34 bits per heavy atom. The molecular weight excluding hydrogens is 518 g/mol. The summed E-state index contributed by atoms with van der Waals surface area (Å²) >= 11 is 0. The number of hydrogen-bond acceptors (Lipinski definition) is 11. The van der Waals surface area contributed by atoms with Crippen LogP contribution in [0.5, 0.6) is 0 Å². The third-order valence-electron chi connectivity index (χ3n) is 4.69. The lowest BCUT2D eigenvalue weighted by Gasteiger charge is -2.28. The minimum absolute atomic E-state index is 0.233. The van der Waals surface area contributed by atoms with Crippen molar-refractivity contribution >= 4 is 14.8 Å². The van der Waals surface area contributed by atoms with Crippen LogP contribution in [0.15, 0.2) is 0 Å². The van der Waals surface area contributed by atoms with E-state index in [9.17, 15) is 4.79 Å². The Balaban J connectivity index is 3.42. The average molecular weight is 572 g/mol. The van der Waals surface area contributed by atoms with Gasteiger partial charge >= 0.3 is 14.8 Å². The zero-order valence-corrected chi connectivity index (χ0v) is 24.8. The molecular formula is C24H53N3O10Si. The number of nitrogens with two attached hydrogens (primary N) is 1. The molecule has 13 nitrogen and oxygen atoms in total. The van der Waals surface area contributed by atoms with Gasteiger partial charge in [-0.15, -0.1) is 0 Å². The van der Waals surface area contributed by atoms with Crippen LogP contribution in [-0.2, 0) is 41.7 Å². The average Bonchev–Trinajstić information content (AvgIpc) is 2.90. The molecule has 0 fully saturated rings. The number of urea groups is 1. The molecule has 0 aromatic carbocycles. The summed E-state index contributed by atoms with van der Waals surface area (Å²) in [5.41, 5.74) is 5.32. The monoisotopic (exact) mass is 571 g/mol. The molecule has 0 saturated heterocycles. The number of rotatable bonds is 30. The van der Waals surface area contributed by atoms with Crippen LogP contribution in [0.3, 0.4) is 0 Å². The topological polar surface area (TPSA) is 150 Å². The number of carbonyl (C=O) groups is 1. The SMILES string of the molecule is CCO[Si](CCCNC(=O)NCCOCCOCCOCCOCCOCCOCCN)(OCC)OCC. The highest BCUT2D eigenvalue weighted by atomic mass is 28.4. The number of nitrogens with one attached hydrogen (secondary N) is 2. The van der Waals surface area contributed by atoms with Gasteiger partial charge in [0.05, 0.1) is 79.3 Å². The summed E-state index contributed by atoms with van der Waals surface area (Å²) in [5, 5.41) is 5.60. The van der Waals surface area contributed by atoms with Crippen LogP contribution in [0.1, 0.15) is 27.2 Å². The fourth-order valence-corrected chi connectivity index (χ4v) is 5.70. The zero-order chi connectivity index (χ0) is 28.0. The van der Waals surface area contributed by atoms with E-state index in [1.165, 1.54) is 0 Å². The Kier molecular flexibility index (Phi) is 28.4. The van der Waals surface area contributed by atoms with Crippen LogP contribution in [-0.4, -0.2) is 134 Å². The maximum atomic E-state index is 11.9. The van der Waals surface area contributed by atoms with E-state index in [-0.39, 0.29) is 6.03 Å². The first-order valence-corrected chi connectivity index (χ1v) is 15.7. The van der Waals surface area contributed by atoms with Crippen LogP contribution >= 0.6 is 0 Å². The maximum absolute atomic E-state index is 11.9. The smallest absolute Gasteiger partial charge is 0.378 e. The lowest BCUT2D eigenvalue weighted by atomic mass is 10.5. The highest BCUT2D eigenvalue weighted by molar-refractivity contribution is 6.60. The van der Waals surface area contributed by atoms with Gasteiger partial charge in [0.2, 0.25) is 0 Å². The van der Waals surface area contributed by atoms with E-state index in [2.05, 4.69) is 10.6 Å². The summed E-state index contributed by atoms with van der Waals surface area (Å²) in [7, 11) is -2.66. The van der Waals surface area contributed by atoms with Crippen molar-refractivity contribution in [3.63, 3.8) is 0 Å². The lowest BCUT2D eigenvalue weighted by molar-refractivity contribution is -0.0161. The number of hydrogen-bond donors (Lipinski definition) is 3. The highest BCUT2D eigenvalue weighted by Crippen LogP contribution is 2.17. The van der Waals surface area contributed by atoms with Crippen molar-refractivity contribution in [3.8, 4) is 0 Å². The molecule has 0 spiro atoms. The summed E-state index contributed by atoms with van der Waals surface area (Å²) in [5.74, 6) is 0. The summed E-state index contributed by atoms with van der Waals surface area (Å²) < 4.78 is 49.7. The first-order valence-electron chi connectivity index (χ1n) is 13.7. The van der Waals surface area contributed by atoms with Gasteiger partial charge in [-0.25, -0.2) is 4.79 Å². The van der Waals surface area contributed by atoms with Crippen molar-refractivity contribution in [2.24, 2.45) is 5.73 Å². The van der Waals surface area contributed by atoms with Gasteiger partial charge in [0, 0.05) is 45.5 Å². The number of ether oxygens (including phenoxy) is 6. The summed E-state index contributed by atoms with van der Waals surface area (Å²) in [6.45, 7) is 14.8. The predicted octanol–water partition coefficient (Wildman–Crippen LogP) is 0.782. The van der Waals surface area contributed by atoms with Crippen molar-refractivity contribution in [2.45, 2.75) is 33.2 Å². The van der Waals surface area contributed by atoms with Crippen molar-refractivity contribution in [2.75, 3.05) is 119 Å². The first kappa shape index (κ1) is 37.1. The second-order valence-electron chi connectivity index (χ2n) is 7.73. The van der Waals surface area contributed by atoms with E-state index in [0.717, 1.165) is 0 Å². The van der Waals surface area contributed by atoms with Gasteiger partial charge in [0.1, 0.15) is 0 Å². The number of carbonyl (C=O) groups excluding carboxylic acids is 1. The van der Waals surface area contributed by atoms with Crippen LogP contribution in [0.25, 0.3) is 0 Å². The second-order valence-corrected chi connectivity index (χ2v) is 10.5. The van der Waals surface area contributed by atoms with E-state index in [1.54, 1.807) is 0 Å². The molecule has 0 aromatic rings. The van der Waals surface area contributed by atoms with Gasteiger partial charge in [-0.05, 0) is 27.2 Å². The molecule has 0 bridgehead atoms. The van der Waals surface area contributed by atoms with Gasteiger partial charge in [-0.1, -0.05) is 0 Å². The summed E-state index contributed by atoms with van der Waals surface area (Å²) in [6.07, 6.45) is 0.714. The van der Waals surface area contributed by atoms with Crippen molar-refractivity contribution in [1.29, 1.82) is 0 Å². The van der Waals surface area contributed by atoms with Gasteiger partial charge in [0.15, 0.2) is 0 Å². The minimum atomic E-state index is -2.66. The predicted molar refractivity (Wildman–Crippen MR) is 145 cm³/mol. The summed E-state index contributed by atoms with van der Waals surface area (Å²) in [4.78, 5) is 11.9. The third kappa shape index (κ3) is 24.1. The molecule has 228 valence electrons. The standard InChI is InChI=1S/C24H53N3O10Si/c1-4-35-38(36-5-2,37-6-3)23-7-9-26-24(28)27-10-12-30-14-16-32-18-20-34-22-21-33-19-17-31-15-13-29-11-8-25/h4-23,25H2,1-3H3,(H2,26,27,28). The molecule has 0 heterocycles. The molecule has 38 heavy (non-hydrogen) atoms. The fourth-order valence-electron chi connectivity index (χ4n) is 3.09. The molecule has 0 saturated carbocycles. The number of amides is 2. The van der Waals surface area contributed by atoms with E-state index in [4.69, 9.17) is 47.4 Å². The first-order chi connectivity index (χ1) is 18.6. The van der Waals surface area contributed by atoms with Crippen LogP contribution in [0.2, 0.25) is 6.04 Å². The van der Waals surface area contributed by atoms with Crippen LogP contribution < -0.4 is 16.4 Å². The maximum Gasteiger partial charge on any atom is 0.500 e. The van der Waals surface area contributed by atoms with E-state index < -0.39 is 8.80 Å². The quantitative estimate of drug-likeness (QED) is 0.0829. The fraction of sp³-hybridized carbons (Fsp3) is 0.958. The van der Waals surface area contributed by atoms with Crippen molar-refractivity contribution in [3.05, 3.63) is 0 Å². The van der Waals surface area contributed by atoms with Crippen LogP contribution in [0.4, 0.5) is 4.79 Å². The molecule has 0 unspecified atom stereocenters. The van der Waals surface area contributed by atoms with Crippen molar-refractivity contribution in [1.82, 2.24) is 10.6 Å². The molecule has 0 aliphatic heterocycles. The molecule has 0 aromatic heterocycles. The molecule has 0 rings (SSSR count). The third-order valence-corrected chi connectivity index (χ3v) is 7.84. The zero-order valence-electron chi connectivity index (χ0n) is 23.8. The van der Waals surface area contributed by atoms with Gasteiger partial charge in [-0.2, -0.15) is 0 Å². The molecule has 0 atom stereocenters. The van der Waals surface area contributed by atoms with E-state index in [1.807, 2.05) is 20.8 Å². The van der Waals surface area contributed by atoms with E-state index in [0.29, 0.717) is 131 Å².